The number of ether oxygens (including phenoxy) is 1. The minimum absolute atomic E-state index is 0.130. The molecule has 4 nitrogen and oxygen atoms in total. The molecule has 1 atom stereocenters. The van der Waals surface area contributed by atoms with Crippen LogP contribution in [-0.4, -0.2) is 36.6 Å². The van der Waals surface area contributed by atoms with Crippen LogP contribution < -0.4 is 0 Å². The van der Waals surface area contributed by atoms with Crippen LogP contribution >= 0.6 is 0 Å². The Hall–Kier alpha value is -2.00. The normalized spacial score (nSPS) is 19.0. The third kappa shape index (κ3) is 3.06. The van der Waals surface area contributed by atoms with Crippen LogP contribution in [0.15, 0.2) is 18.2 Å². The van der Waals surface area contributed by atoms with Gasteiger partial charge in [0.1, 0.15) is 11.6 Å². The number of carbonyl (C=O) groups is 1. The zero-order valence-electron chi connectivity index (χ0n) is 10.1. The highest BCUT2D eigenvalue weighted by atomic mass is 19.1. The summed E-state index contributed by atoms with van der Waals surface area (Å²) in [5.74, 6) is -1.88. The summed E-state index contributed by atoms with van der Waals surface area (Å²) >= 11 is 0. The quantitative estimate of drug-likeness (QED) is 0.809. The predicted molar refractivity (Wildman–Crippen MR) is 62.0 cm³/mol. The molecule has 1 saturated heterocycles. The first kappa shape index (κ1) is 13.4. The number of nitrogens with zero attached hydrogens (tertiary/aromatic N) is 2. The molecule has 6 heteroatoms. The fourth-order valence-corrected chi connectivity index (χ4v) is 1.92. The van der Waals surface area contributed by atoms with Gasteiger partial charge in [0.2, 0.25) is 5.91 Å². The van der Waals surface area contributed by atoms with Gasteiger partial charge in [-0.1, -0.05) is 6.07 Å². The summed E-state index contributed by atoms with van der Waals surface area (Å²) in [5.41, 5.74) is -0.243. The number of hydrogen-bond donors (Lipinski definition) is 0. The van der Waals surface area contributed by atoms with E-state index in [4.69, 9.17) is 10.00 Å². The van der Waals surface area contributed by atoms with Crippen LogP contribution in [0.5, 0.6) is 0 Å². The first-order chi connectivity index (χ1) is 9.11. The first-order valence-electron chi connectivity index (χ1n) is 5.83. The summed E-state index contributed by atoms with van der Waals surface area (Å²) in [6.07, 6.45) is -1.03. The lowest BCUT2D eigenvalue weighted by Gasteiger charge is -2.29. The number of morpholine rings is 1. The smallest absolute Gasteiger partial charge is 0.227 e. The van der Waals surface area contributed by atoms with Crippen molar-refractivity contribution in [2.75, 3.05) is 19.7 Å². The SMILES string of the molecule is N#CC1CN(C(=O)Cc2c(F)cccc2F)CCO1. The number of nitriles is 1. The number of benzene rings is 1. The topological polar surface area (TPSA) is 53.3 Å². The summed E-state index contributed by atoms with van der Waals surface area (Å²) in [6, 6.07) is 5.39. The molecular formula is C13H12F2N2O2. The van der Waals surface area contributed by atoms with Crippen molar-refractivity contribution in [3.05, 3.63) is 35.4 Å². The van der Waals surface area contributed by atoms with Crippen molar-refractivity contribution in [1.29, 1.82) is 5.26 Å². The van der Waals surface area contributed by atoms with Gasteiger partial charge in [0, 0.05) is 12.1 Å². The van der Waals surface area contributed by atoms with Crippen molar-refractivity contribution >= 4 is 5.91 Å². The lowest BCUT2D eigenvalue weighted by Crippen LogP contribution is -2.45. The highest BCUT2D eigenvalue weighted by Gasteiger charge is 2.25. The molecule has 1 aliphatic heterocycles. The summed E-state index contributed by atoms with van der Waals surface area (Å²) in [4.78, 5) is 13.4. The Morgan fingerprint density at radius 1 is 1.47 bits per heavy atom. The van der Waals surface area contributed by atoms with Gasteiger partial charge in [0.05, 0.1) is 25.6 Å². The van der Waals surface area contributed by atoms with Crippen LogP contribution in [0.1, 0.15) is 5.56 Å². The van der Waals surface area contributed by atoms with Gasteiger partial charge in [-0.15, -0.1) is 0 Å². The van der Waals surface area contributed by atoms with Crippen molar-refractivity contribution in [2.45, 2.75) is 12.5 Å². The van der Waals surface area contributed by atoms with Gasteiger partial charge in [-0.3, -0.25) is 4.79 Å². The van der Waals surface area contributed by atoms with Gasteiger partial charge >= 0.3 is 0 Å². The Morgan fingerprint density at radius 2 is 2.16 bits per heavy atom. The monoisotopic (exact) mass is 266 g/mol. The highest BCUT2D eigenvalue weighted by molar-refractivity contribution is 5.79. The fourth-order valence-electron chi connectivity index (χ4n) is 1.92. The standard InChI is InChI=1S/C13H12F2N2O2/c14-11-2-1-3-12(15)10(11)6-13(18)17-4-5-19-9(7-16)8-17/h1-3,9H,4-6,8H2. The van der Waals surface area contributed by atoms with Gasteiger partial charge in [-0.25, -0.2) is 8.78 Å². The Bertz CT molecular complexity index is 508. The molecule has 1 unspecified atom stereocenters. The Morgan fingerprint density at radius 3 is 2.79 bits per heavy atom. The van der Waals surface area contributed by atoms with E-state index in [-0.39, 0.29) is 25.1 Å². The zero-order chi connectivity index (χ0) is 13.8. The number of amides is 1. The maximum absolute atomic E-state index is 13.4. The van der Waals surface area contributed by atoms with Crippen molar-refractivity contribution in [2.24, 2.45) is 0 Å². The summed E-state index contributed by atoms with van der Waals surface area (Å²) in [5, 5.41) is 8.74. The van der Waals surface area contributed by atoms with Crippen LogP contribution in [0.25, 0.3) is 0 Å². The molecular weight excluding hydrogens is 254 g/mol. The molecule has 2 rings (SSSR count). The largest absolute Gasteiger partial charge is 0.360 e. The van der Waals surface area contributed by atoms with Crippen molar-refractivity contribution < 1.29 is 18.3 Å². The van der Waals surface area contributed by atoms with Crippen molar-refractivity contribution in [3.63, 3.8) is 0 Å². The van der Waals surface area contributed by atoms with E-state index in [0.717, 1.165) is 12.1 Å². The van der Waals surface area contributed by atoms with E-state index < -0.39 is 23.6 Å². The molecule has 0 N–H and O–H groups in total. The molecule has 1 fully saturated rings. The van der Waals surface area contributed by atoms with Crippen LogP contribution in [0.3, 0.4) is 0 Å². The van der Waals surface area contributed by atoms with Gasteiger partial charge in [0.15, 0.2) is 6.10 Å². The second-order valence-corrected chi connectivity index (χ2v) is 4.21. The molecule has 0 aliphatic carbocycles. The van der Waals surface area contributed by atoms with Crippen LogP contribution in [0, 0.1) is 23.0 Å². The molecule has 0 aromatic heterocycles. The molecule has 0 radical (unpaired) electrons. The molecule has 100 valence electrons. The Kier molecular flexibility index (Phi) is 4.07. The van der Waals surface area contributed by atoms with Gasteiger partial charge in [-0.05, 0) is 12.1 Å². The maximum atomic E-state index is 13.4. The lowest BCUT2D eigenvalue weighted by molar-refractivity contribution is -0.136. The number of hydrogen-bond acceptors (Lipinski definition) is 3. The molecule has 0 spiro atoms. The van der Waals surface area contributed by atoms with Crippen LogP contribution in [0.2, 0.25) is 0 Å². The van der Waals surface area contributed by atoms with E-state index in [0.29, 0.717) is 6.54 Å². The van der Waals surface area contributed by atoms with E-state index >= 15 is 0 Å². The van der Waals surface area contributed by atoms with Crippen molar-refractivity contribution in [1.82, 2.24) is 4.90 Å². The average molecular weight is 266 g/mol. The van der Waals surface area contributed by atoms with E-state index in [1.807, 2.05) is 6.07 Å². The average Bonchev–Trinajstić information content (AvgIpc) is 2.43. The fraction of sp³-hybridized carbons (Fsp3) is 0.385. The number of halogens is 2. The molecule has 1 heterocycles. The van der Waals surface area contributed by atoms with E-state index in [9.17, 15) is 13.6 Å². The lowest BCUT2D eigenvalue weighted by atomic mass is 10.1. The van der Waals surface area contributed by atoms with Gasteiger partial charge in [0.25, 0.3) is 0 Å². The van der Waals surface area contributed by atoms with E-state index in [1.165, 1.54) is 11.0 Å². The van der Waals surface area contributed by atoms with Gasteiger partial charge in [-0.2, -0.15) is 5.26 Å². The van der Waals surface area contributed by atoms with Gasteiger partial charge < -0.3 is 9.64 Å². The molecule has 1 aromatic rings. The first-order valence-corrected chi connectivity index (χ1v) is 5.83. The Labute approximate surface area is 109 Å². The zero-order valence-corrected chi connectivity index (χ0v) is 10.1. The second-order valence-electron chi connectivity index (χ2n) is 4.21. The third-order valence-electron chi connectivity index (χ3n) is 2.95. The third-order valence-corrected chi connectivity index (χ3v) is 2.95. The molecule has 1 aromatic carbocycles. The van der Waals surface area contributed by atoms with Crippen molar-refractivity contribution in [3.8, 4) is 6.07 Å². The summed E-state index contributed by atoms with van der Waals surface area (Å²) in [7, 11) is 0. The number of carbonyl (C=O) groups excluding carboxylic acids is 1. The minimum Gasteiger partial charge on any atom is -0.360 e. The Balaban J connectivity index is 2.07. The van der Waals surface area contributed by atoms with E-state index in [2.05, 4.69) is 0 Å². The molecule has 1 aliphatic rings. The second kappa shape index (κ2) is 5.76. The molecule has 19 heavy (non-hydrogen) atoms. The molecule has 1 amide bonds. The minimum atomic E-state index is -0.738. The molecule has 0 saturated carbocycles. The van der Waals surface area contributed by atoms with Crippen LogP contribution in [0.4, 0.5) is 8.78 Å². The summed E-state index contributed by atoms with van der Waals surface area (Å²) in [6.45, 7) is 0.711. The predicted octanol–water partition coefficient (Wildman–Crippen LogP) is 1.26. The summed E-state index contributed by atoms with van der Waals surface area (Å²) < 4.78 is 32.0. The number of rotatable bonds is 2. The van der Waals surface area contributed by atoms with Crippen LogP contribution in [-0.2, 0) is 16.0 Å². The molecule has 0 bridgehead atoms. The highest BCUT2D eigenvalue weighted by Crippen LogP contribution is 2.15. The maximum Gasteiger partial charge on any atom is 0.227 e. The van der Waals surface area contributed by atoms with E-state index in [1.54, 1.807) is 0 Å².